The summed E-state index contributed by atoms with van der Waals surface area (Å²) in [4.78, 5) is 26.4. The molecule has 2 aromatic carbocycles. The number of likely N-dealkylation sites (tertiary alicyclic amines) is 1. The van der Waals surface area contributed by atoms with Gasteiger partial charge in [0.25, 0.3) is 5.91 Å². The Morgan fingerprint density at radius 1 is 1.23 bits per heavy atom. The van der Waals surface area contributed by atoms with Gasteiger partial charge in [-0.1, -0.05) is 36.4 Å². The number of benzene rings is 2. The molecule has 2 aliphatic rings. The van der Waals surface area contributed by atoms with E-state index in [0.717, 1.165) is 32.5 Å². The summed E-state index contributed by atoms with van der Waals surface area (Å²) in [6, 6.07) is 15.7. The minimum Gasteiger partial charge on any atom is -0.485 e. The van der Waals surface area contributed by atoms with Crippen molar-refractivity contribution in [3.63, 3.8) is 0 Å². The standard InChI is InChI=1S/C23H24N2O4.ClH/c26-20-14-23(11-4-12-25(16-23)15-18-5-2-1-3-6-18)29-21-9-7-17(13-19(20)21)8-10-22(27)24-28;/h1-3,5-10,13,28H,4,11-12,14-16H2,(H,24,27);1H/b10-8+;. The fraction of sp³-hybridized carbons (Fsp3) is 0.304. The van der Waals surface area contributed by atoms with Crippen molar-refractivity contribution in [3.8, 4) is 5.75 Å². The summed E-state index contributed by atoms with van der Waals surface area (Å²) >= 11 is 0. The van der Waals surface area contributed by atoms with Crippen LogP contribution in [0.2, 0.25) is 0 Å². The quantitative estimate of drug-likeness (QED) is 0.441. The number of carbonyl (C=O) groups is 2. The molecule has 2 N–H and O–H groups in total. The number of ketones is 1. The summed E-state index contributed by atoms with van der Waals surface area (Å²) in [6.07, 6.45) is 4.97. The first-order valence-corrected chi connectivity index (χ1v) is 9.82. The lowest BCUT2D eigenvalue weighted by molar-refractivity contribution is -0.124. The summed E-state index contributed by atoms with van der Waals surface area (Å²) in [7, 11) is 0. The molecular weight excluding hydrogens is 404 g/mol. The van der Waals surface area contributed by atoms with Gasteiger partial charge >= 0.3 is 0 Å². The molecule has 0 aliphatic carbocycles. The van der Waals surface area contributed by atoms with Crippen LogP contribution in [0.15, 0.2) is 54.6 Å². The SMILES string of the molecule is Cl.O=C(/C=C/c1ccc2c(c1)C(=O)CC1(CCCN(Cc3ccccc3)C1)O2)NO. The van der Waals surface area contributed by atoms with Gasteiger partial charge in [-0.2, -0.15) is 0 Å². The number of nitrogens with zero attached hydrogens (tertiary/aromatic N) is 1. The van der Waals surface area contributed by atoms with Gasteiger partial charge in [0.05, 0.1) is 12.0 Å². The lowest BCUT2D eigenvalue weighted by Crippen LogP contribution is -2.54. The van der Waals surface area contributed by atoms with Crippen LogP contribution in [-0.4, -0.2) is 40.5 Å². The van der Waals surface area contributed by atoms with Crippen LogP contribution in [-0.2, 0) is 11.3 Å². The van der Waals surface area contributed by atoms with Crippen LogP contribution >= 0.6 is 12.4 Å². The first kappa shape index (κ1) is 22.0. The van der Waals surface area contributed by atoms with Gasteiger partial charge in [-0.25, -0.2) is 5.48 Å². The number of amides is 1. The van der Waals surface area contributed by atoms with Gasteiger partial charge < -0.3 is 4.74 Å². The monoisotopic (exact) mass is 428 g/mol. The summed E-state index contributed by atoms with van der Waals surface area (Å²) in [5, 5.41) is 8.57. The maximum absolute atomic E-state index is 12.9. The number of carbonyl (C=O) groups excluding carboxylic acids is 2. The molecule has 6 nitrogen and oxygen atoms in total. The summed E-state index contributed by atoms with van der Waals surface area (Å²) < 4.78 is 6.39. The van der Waals surface area contributed by atoms with Gasteiger partial charge in [-0.3, -0.25) is 19.7 Å². The van der Waals surface area contributed by atoms with Crippen LogP contribution in [0.3, 0.4) is 0 Å². The van der Waals surface area contributed by atoms with Gasteiger partial charge in [0.15, 0.2) is 5.78 Å². The van der Waals surface area contributed by atoms with Gasteiger partial charge in [-0.05, 0) is 48.7 Å². The highest BCUT2D eigenvalue weighted by atomic mass is 35.5. The summed E-state index contributed by atoms with van der Waals surface area (Å²) in [5.74, 6) is 0.0474. The van der Waals surface area contributed by atoms with Crippen molar-refractivity contribution < 1.29 is 19.5 Å². The zero-order valence-corrected chi connectivity index (χ0v) is 17.4. The minimum absolute atomic E-state index is 0. The zero-order chi connectivity index (χ0) is 20.3. The number of hydrogen-bond acceptors (Lipinski definition) is 5. The number of nitrogens with one attached hydrogen (secondary N) is 1. The Kier molecular flexibility index (Phi) is 6.92. The van der Waals surface area contributed by atoms with E-state index in [4.69, 9.17) is 9.94 Å². The molecule has 0 aromatic heterocycles. The molecule has 0 bridgehead atoms. The molecule has 2 heterocycles. The molecule has 4 rings (SSSR count). The Morgan fingerprint density at radius 3 is 2.80 bits per heavy atom. The Bertz CT molecular complexity index is 947. The second-order valence-corrected chi connectivity index (χ2v) is 7.75. The van der Waals surface area contributed by atoms with Crippen LogP contribution in [0.25, 0.3) is 6.08 Å². The normalized spacial score (nSPS) is 21.0. The third-order valence-corrected chi connectivity index (χ3v) is 5.52. The molecule has 1 spiro atoms. The molecule has 158 valence electrons. The van der Waals surface area contributed by atoms with E-state index in [0.29, 0.717) is 23.3 Å². The number of fused-ring (bicyclic) bond motifs is 1. The molecule has 2 aromatic rings. The molecule has 1 saturated heterocycles. The molecule has 30 heavy (non-hydrogen) atoms. The first-order chi connectivity index (χ1) is 14.1. The van der Waals surface area contributed by atoms with Crippen LogP contribution in [0.1, 0.15) is 40.7 Å². The van der Waals surface area contributed by atoms with Crippen molar-refractivity contribution in [2.45, 2.75) is 31.4 Å². The maximum Gasteiger partial charge on any atom is 0.267 e. The van der Waals surface area contributed by atoms with Gasteiger partial charge in [0.2, 0.25) is 0 Å². The second kappa shape index (κ2) is 9.43. The van der Waals surface area contributed by atoms with E-state index in [1.54, 1.807) is 29.8 Å². The van der Waals surface area contributed by atoms with Gasteiger partial charge in [0.1, 0.15) is 11.4 Å². The third-order valence-electron chi connectivity index (χ3n) is 5.52. The molecule has 1 unspecified atom stereocenters. The lowest BCUT2D eigenvalue weighted by Gasteiger charge is -2.45. The number of ether oxygens (including phenoxy) is 1. The molecular formula is C23H25ClN2O4. The maximum atomic E-state index is 12.9. The van der Waals surface area contributed by atoms with E-state index in [2.05, 4.69) is 17.0 Å². The highest BCUT2D eigenvalue weighted by Gasteiger charge is 2.43. The molecule has 1 atom stereocenters. The number of piperidine rings is 1. The lowest BCUT2D eigenvalue weighted by atomic mass is 9.83. The third kappa shape index (κ3) is 4.90. The molecule has 0 radical (unpaired) electrons. The van der Waals surface area contributed by atoms with Crippen molar-refractivity contribution in [2.75, 3.05) is 13.1 Å². The number of Topliss-reactive ketones (excluding diaryl/α,β-unsaturated/α-hetero) is 1. The van der Waals surface area contributed by atoms with Crippen LogP contribution in [0.5, 0.6) is 5.75 Å². The zero-order valence-electron chi connectivity index (χ0n) is 16.5. The van der Waals surface area contributed by atoms with E-state index in [9.17, 15) is 9.59 Å². The number of hydroxylamine groups is 1. The van der Waals surface area contributed by atoms with Crippen molar-refractivity contribution in [3.05, 3.63) is 71.3 Å². The summed E-state index contributed by atoms with van der Waals surface area (Å²) in [6.45, 7) is 2.58. The summed E-state index contributed by atoms with van der Waals surface area (Å²) in [5.41, 5.74) is 3.57. The molecule has 1 amide bonds. The molecule has 0 saturated carbocycles. The van der Waals surface area contributed by atoms with E-state index in [1.165, 1.54) is 11.6 Å². The number of halogens is 1. The fourth-order valence-corrected chi connectivity index (χ4v) is 4.22. The first-order valence-electron chi connectivity index (χ1n) is 9.82. The molecule has 1 fully saturated rings. The average Bonchev–Trinajstić information content (AvgIpc) is 2.73. The second-order valence-electron chi connectivity index (χ2n) is 7.75. The highest BCUT2D eigenvalue weighted by molar-refractivity contribution is 6.01. The predicted molar refractivity (Wildman–Crippen MR) is 116 cm³/mol. The molecule has 7 heteroatoms. The predicted octanol–water partition coefficient (Wildman–Crippen LogP) is 3.63. The Balaban J connectivity index is 0.00000256. The number of rotatable bonds is 4. The Morgan fingerprint density at radius 2 is 2.03 bits per heavy atom. The Labute approximate surface area is 181 Å². The fourth-order valence-electron chi connectivity index (χ4n) is 4.22. The van der Waals surface area contributed by atoms with Crippen molar-refractivity contribution in [1.29, 1.82) is 0 Å². The van der Waals surface area contributed by atoms with Crippen LogP contribution in [0, 0.1) is 0 Å². The van der Waals surface area contributed by atoms with Crippen LogP contribution in [0.4, 0.5) is 0 Å². The van der Waals surface area contributed by atoms with E-state index >= 15 is 0 Å². The topological polar surface area (TPSA) is 78.9 Å². The molecule has 2 aliphatic heterocycles. The average molecular weight is 429 g/mol. The smallest absolute Gasteiger partial charge is 0.267 e. The van der Waals surface area contributed by atoms with Crippen molar-refractivity contribution in [2.24, 2.45) is 0 Å². The van der Waals surface area contributed by atoms with E-state index in [-0.39, 0.29) is 18.2 Å². The van der Waals surface area contributed by atoms with Crippen molar-refractivity contribution in [1.82, 2.24) is 10.4 Å². The minimum atomic E-state index is -0.620. The highest BCUT2D eigenvalue weighted by Crippen LogP contribution is 2.39. The van der Waals surface area contributed by atoms with Crippen LogP contribution < -0.4 is 10.2 Å². The Hall–Kier alpha value is -2.67. The number of hydrogen-bond donors (Lipinski definition) is 2. The van der Waals surface area contributed by atoms with Gasteiger partial charge in [-0.15, -0.1) is 12.4 Å². The van der Waals surface area contributed by atoms with Crippen molar-refractivity contribution >= 4 is 30.2 Å². The van der Waals surface area contributed by atoms with Gasteiger partial charge in [0, 0.05) is 19.2 Å². The van der Waals surface area contributed by atoms with E-state index in [1.807, 2.05) is 18.2 Å². The van der Waals surface area contributed by atoms with E-state index < -0.39 is 11.5 Å². The largest absolute Gasteiger partial charge is 0.485 e.